The molecule has 0 aliphatic heterocycles. The van der Waals surface area contributed by atoms with E-state index >= 15 is 0 Å². The summed E-state index contributed by atoms with van der Waals surface area (Å²) >= 11 is 0. The Kier molecular flexibility index (Phi) is 12.3. The summed E-state index contributed by atoms with van der Waals surface area (Å²) < 4.78 is 23.5. The first kappa shape index (κ1) is 23.3. The van der Waals surface area contributed by atoms with Crippen LogP contribution in [0.3, 0.4) is 0 Å². The van der Waals surface area contributed by atoms with Crippen molar-refractivity contribution in [2.45, 2.75) is 54.0 Å². The minimum absolute atomic E-state index is 0.320. The molecule has 0 unspecified atom stereocenters. The molecule has 0 spiro atoms. The van der Waals surface area contributed by atoms with Gasteiger partial charge in [0, 0.05) is 31.9 Å². The molecule has 142 valence electrons. The van der Waals surface area contributed by atoms with Gasteiger partial charge in [0.15, 0.2) is 0 Å². The molecule has 6 heteroatoms. The van der Waals surface area contributed by atoms with E-state index in [4.69, 9.17) is 18.0 Å². The van der Waals surface area contributed by atoms with Crippen molar-refractivity contribution in [1.29, 1.82) is 0 Å². The smallest absolute Gasteiger partial charge is 0.463 e. The number of hydrogen-bond donors (Lipinski definition) is 0. The van der Waals surface area contributed by atoms with E-state index in [0.717, 1.165) is 0 Å². The number of carbonyl (C=O) groups is 1. The quantitative estimate of drug-likeness (QED) is 0.202. The Morgan fingerprint density at radius 3 is 1.67 bits per heavy atom. The summed E-state index contributed by atoms with van der Waals surface area (Å²) in [5.74, 6) is 0.805. The van der Waals surface area contributed by atoms with Gasteiger partial charge in [-0.15, -0.1) is 0 Å². The fourth-order valence-corrected chi connectivity index (χ4v) is 4.76. The van der Waals surface area contributed by atoms with Gasteiger partial charge in [0.1, 0.15) is 0 Å². The Hall–Kier alpha value is -0.693. The molecule has 24 heavy (non-hydrogen) atoms. The number of carbonyl (C=O) groups excluding carboxylic acids is 1. The number of hydrogen-bond acceptors (Lipinski definition) is 5. The molecule has 0 bridgehead atoms. The van der Waals surface area contributed by atoms with Crippen molar-refractivity contribution in [3.8, 4) is 0 Å². The third kappa shape index (κ3) is 11.8. The maximum absolute atomic E-state index is 11.2. The predicted octanol–water partition coefficient (Wildman–Crippen LogP) is 4.06. The second-order valence-corrected chi connectivity index (χ2v) is 10.0. The fraction of sp³-hybridized carbons (Fsp3) is 0.833. The molecule has 0 aromatic rings. The van der Waals surface area contributed by atoms with Crippen molar-refractivity contribution in [2.75, 3.05) is 26.4 Å². The van der Waals surface area contributed by atoms with Gasteiger partial charge in [-0.05, 0) is 24.2 Å². The summed E-state index contributed by atoms with van der Waals surface area (Å²) in [6.07, 6.45) is 1.82. The number of rotatable bonds is 14. The minimum Gasteiger partial charge on any atom is -0.463 e. The van der Waals surface area contributed by atoms with E-state index in [9.17, 15) is 4.79 Å². The van der Waals surface area contributed by atoms with Gasteiger partial charge in [-0.25, -0.2) is 4.79 Å². The summed E-state index contributed by atoms with van der Waals surface area (Å²) in [5, 5.41) is 0. The van der Waals surface area contributed by atoms with Crippen LogP contribution in [0.2, 0.25) is 6.04 Å². The van der Waals surface area contributed by atoms with Crippen LogP contribution < -0.4 is 0 Å². The average molecular weight is 361 g/mol. The Morgan fingerprint density at radius 2 is 1.33 bits per heavy atom. The number of esters is 1. The zero-order valence-electron chi connectivity index (χ0n) is 16.3. The van der Waals surface area contributed by atoms with Crippen LogP contribution in [0.25, 0.3) is 0 Å². The van der Waals surface area contributed by atoms with Gasteiger partial charge in [0.25, 0.3) is 0 Å². The Labute approximate surface area is 149 Å². The zero-order valence-corrected chi connectivity index (χ0v) is 17.3. The SMILES string of the molecule is C=CC(=O)OCCC[Si](OCC(C)C)(OCC(C)C)OCC(C)C. The third-order valence-corrected chi connectivity index (χ3v) is 5.73. The van der Waals surface area contributed by atoms with Crippen LogP contribution in [-0.4, -0.2) is 41.2 Å². The topological polar surface area (TPSA) is 54.0 Å². The molecule has 0 rings (SSSR count). The molecule has 0 saturated heterocycles. The van der Waals surface area contributed by atoms with Crippen LogP contribution in [0, 0.1) is 17.8 Å². The second kappa shape index (κ2) is 12.6. The zero-order chi connectivity index (χ0) is 18.6. The third-order valence-electron chi connectivity index (χ3n) is 2.95. The van der Waals surface area contributed by atoms with E-state index in [0.29, 0.717) is 56.6 Å². The summed E-state index contributed by atoms with van der Waals surface area (Å²) in [6, 6.07) is 0.642. The molecular formula is C18H36O5Si. The van der Waals surface area contributed by atoms with Crippen LogP contribution in [-0.2, 0) is 22.8 Å². The summed E-state index contributed by atoms with van der Waals surface area (Å²) in [6.45, 7) is 18.2. The molecule has 0 atom stereocenters. The molecule has 0 aromatic carbocycles. The summed E-state index contributed by atoms with van der Waals surface area (Å²) in [4.78, 5) is 11.2. The fourth-order valence-electron chi connectivity index (χ4n) is 1.74. The first-order valence-electron chi connectivity index (χ1n) is 8.91. The average Bonchev–Trinajstić information content (AvgIpc) is 2.51. The van der Waals surface area contributed by atoms with E-state index in [1.807, 2.05) is 0 Å². The monoisotopic (exact) mass is 360 g/mol. The van der Waals surface area contributed by atoms with Crippen molar-refractivity contribution < 1.29 is 22.8 Å². The maximum Gasteiger partial charge on any atom is 0.501 e. The van der Waals surface area contributed by atoms with Gasteiger partial charge in [-0.1, -0.05) is 48.1 Å². The lowest BCUT2D eigenvalue weighted by Gasteiger charge is -2.32. The highest BCUT2D eigenvalue weighted by molar-refractivity contribution is 6.60. The molecule has 5 nitrogen and oxygen atoms in total. The highest BCUT2D eigenvalue weighted by Gasteiger charge is 2.41. The highest BCUT2D eigenvalue weighted by atomic mass is 28.4. The molecule has 0 aromatic heterocycles. The second-order valence-electron chi connectivity index (χ2n) is 7.27. The molecule has 0 fully saturated rings. The van der Waals surface area contributed by atoms with E-state index in [2.05, 4.69) is 48.1 Å². The van der Waals surface area contributed by atoms with Crippen LogP contribution in [0.4, 0.5) is 0 Å². The van der Waals surface area contributed by atoms with Gasteiger partial charge in [0.2, 0.25) is 0 Å². The maximum atomic E-state index is 11.2. The number of ether oxygens (including phenoxy) is 1. The molecule has 0 heterocycles. The first-order valence-corrected chi connectivity index (χ1v) is 10.8. The first-order chi connectivity index (χ1) is 11.2. The van der Waals surface area contributed by atoms with E-state index in [1.54, 1.807) is 0 Å². The lowest BCUT2D eigenvalue weighted by molar-refractivity contribution is -0.137. The van der Waals surface area contributed by atoms with Gasteiger partial charge < -0.3 is 18.0 Å². The van der Waals surface area contributed by atoms with Crippen LogP contribution in [0.5, 0.6) is 0 Å². The standard InChI is InChI=1S/C18H36O5Si/c1-8-18(19)20-10-9-11-24(21-12-15(2)3,22-13-16(4)5)23-14-17(6)7/h8,15-17H,1,9-14H2,2-7H3. The minimum atomic E-state index is -2.78. The van der Waals surface area contributed by atoms with E-state index in [1.165, 1.54) is 6.08 Å². The van der Waals surface area contributed by atoms with E-state index < -0.39 is 14.8 Å². The van der Waals surface area contributed by atoms with Crippen molar-refractivity contribution in [1.82, 2.24) is 0 Å². The molecule has 0 radical (unpaired) electrons. The predicted molar refractivity (Wildman–Crippen MR) is 98.7 cm³/mol. The van der Waals surface area contributed by atoms with Crippen LogP contribution in [0.1, 0.15) is 48.0 Å². The molecule has 0 amide bonds. The summed E-state index contributed by atoms with van der Waals surface area (Å²) in [7, 11) is -2.78. The largest absolute Gasteiger partial charge is 0.501 e. The van der Waals surface area contributed by atoms with Crippen molar-refractivity contribution in [3.05, 3.63) is 12.7 Å². The molecule has 0 aliphatic carbocycles. The Morgan fingerprint density at radius 1 is 0.917 bits per heavy atom. The lowest BCUT2D eigenvalue weighted by atomic mass is 10.2. The molecule has 0 aliphatic rings. The highest BCUT2D eigenvalue weighted by Crippen LogP contribution is 2.21. The van der Waals surface area contributed by atoms with Crippen LogP contribution >= 0.6 is 0 Å². The van der Waals surface area contributed by atoms with Crippen molar-refractivity contribution in [2.24, 2.45) is 17.8 Å². The van der Waals surface area contributed by atoms with Gasteiger partial charge in [-0.3, -0.25) is 0 Å². The normalized spacial score (nSPS) is 12.2. The lowest BCUT2D eigenvalue weighted by Crippen LogP contribution is -2.48. The molecular weight excluding hydrogens is 324 g/mol. The van der Waals surface area contributed by atoms with Gasteiger partial charge in [-0.2, -0.15) is 0 Å². The van der Waals surface area contributed by atoms with Crippen LogP contribution in [0.15, 0.2) is 12.7 Å². The molecule has 0 N–H and O–H groups in total. The van der Waals surface area contributed by atoms with Crippen molar-refractivity contribution in [3.63, 3.8) is 0 Å². The van der Waals surface area contributed by atoms with Gasteiger partial charge in [0.05, 0.1) is 6.61 Å². The summed E-state index contributed by atoms with van der Waals surface area (Å²) in [5.41, 5.74) is 0. The Bertz CT molecular complexity index is 324. The Balaban J connectivity index is 4.84. The van der Waals surface area contributed by atoms with Gasteiger partial charge >= 0.3 is 14.8 Å². The van der Waals surface area contributed by atoms with Crippen molar-refractivity contribution >= 4 is 14.8 Å². The molecule has 0 saturated carbocycles. The van der Waals surface area contributed by atoms with E-state index in [-0.39, 0.29) is 0 Å².